The molecule has 2 atom stereocenters. The average Bonchev–Trinajstić information content (AvgIpc) is 3.11. The molecule has 0 aromatic heterocycles. The minimum absolute atomic E-state index is 0.327. The van der Waals surface area contributed by atoms with E-state index < -0.39 is 5.60 Å². The number of nitrogens with zero attached hydrogens (tertiary/aromatic N) is 1. The summed E-state index contributed by atoms with van der Waals surface area (Å²) in [7, 11) is 1.60. The first-order chi connectivity index (χ1) is 14.5. The maximum Gasteiger partial charge on any atom is 0.230 e. The van der Waals surface area contributed by atoms with Gasteiger partial charge < -0.3 is 18.9 Å². The average molecular weight is 584 g/mol. The van der Waals surface area contributed by atoms with Gasteiger partial charge in [0, 0.05) is 26.3 Å². The molecule has 4 rings (SSSR count). The number of rotatable bonds is 6. The Hall–Kier alpha value is -1.75. The van der Waals surface area contributed by atoms with E-state index in [0.717, 1.165) is 31.2 Å². The van der Waals surface area contributed by atoms with E-state index in [1.807, 2.05) is 31.2 Å². The molecular formula is C22H19BrINO5. The largest absolute Gasteiger partial charge is 0.474 e. The van der Waals surface area contributed by atoms with E-state index in [4.69, 9.17) is 18.9 Å². The molecule has 2 aliphatic rings. The van der Waals surface area contributed by atoms with Crippen LogP contribution >= 0.6 is 38.5 Å². The van der Waals surface area contributed by atoms with Gasteiger partial charge in [-0.1, -0.05) is 28.1 Å². The molecule has 2 aliphatic heterocycles. The predicted molar refractivity (Wildman–Crippen MR) is 126 cm³/mol. The zero-order valence-corrected chi connectivity index (χ0v) is 20.1. The second kappa shape index (κ2) is 8.78. The summed E-state index contributed by atoms with van der Waals surface area (Å²) in [6, 6.07) is 13.1. The van der Waals surface area contributed by atoms with E-state index in [1.165, 1.54) is 0 Å². The Kier molecular flexibility index (Phi) is 6.29. The zero-order valence-electron chi connectivity index (χ0n) is 16.4. The fourth-order valence-electron chi connectivity index (χ4n) is 3.38. The molecule has 0 radical (unpaired) electrons. The van der Waals surface area contributed by atoms with Crippen molar-refractivity contribution in [1.29, 1.82) is 0 Å². The number of halogens is 2. The van der Waals surface area contributed by atoms with Crippen molar-refractivity contribution < 1.29 is 23.7 Å². The van der Waals surface area contributed by atoms with Gasteiger partial charge in [-0.15, -0.1) is 0 Å². The smallest absolute Gasteiger partial charge is 0.230 e. The highest BCUT2D eigenvalue weighted by atomic mass is 127. The normalized spacial score (nSPS) is 22.7. The highest BCUT2D eigenvalue weighted by Crippen LogP contribution is 2.48. The summed E-state index contributed by atoms with van der Waals surface area (Å²) >= 11 is 5.73. The maximum atomic E-state index is 11.4. The van der Waals surface area contributed by atoms with Crippen LogP contribution < -0.4 is 4.74 Å². The SMILES string of the molecule is COC(C)Oc1ccc(C2=C(I)COC23COC3=Nc2cc(Br)ccc2C=O)cc1. The van der Waals surface area contributed by atoms with Crippen molar-refractivity contribution in [2.24, 2.45) is 4.99 Å². The van der Waals surface area contributed by atoms with Crippen LogP contribution in [0.4, 0.5) is 5.69 Å². The molecular weight excluding hydrogens is 565 g/mol. The van der Waals surface area contributed by atoms with Crippen molar-refractivity contribution in [1.82, 2.24) is 0 Å². The molecule has 0 N–H and O–H groups in total. The first-order valence-corrected chi connectivity index (χ1v) is 11.1. The standard InChI is InChI=1S/C22H19BrINO5/c1-13(27-2)30-17-7-4-14(5-8-17)20-18(24)11-29-22(20)12-28-21(22)25-19-9-16(23)6-3-15(19)10-26/h3-10,13H,11-12H2,1-2H3. The van der Waals surface area contributed by atoms with Crippen molar-refractivity contribution >= 4 is 62.0 Å². The molecule has 2 unspecified atom stereocenters. The highest BCUT2D eigenvalue weighted by molar-refractivity contribution is 14.1. The van der Waals surface area contributed by atoms with Gasteiger partial charge in [0.25, 0.3) is 0 Å². The Labute approximate surface area is 196 Å². The lowest BCUT2D eigenvalue weighted by Crippen LogP contribution is -2.55. The van der Waals surface area contributed by atoms with E-state index in [0.29, 0.717) is 30.4 Å². The summed E-state index contributed by atoms with van der Waals surface area (Å²) in [5, 5.41) is 0. The number of aldehydes is 1. The summed E-state index contributed by atoms with van der Waals surface area (Å²) in [6.45, 7) is 2.69. The third-order valence-electron chi connectivity index (χ3n) is 5.00. The minimum Gasteiger partial charge on any atom is -0.474 e. The Morgan fingerprint density at radius 2 is 2.03 bits per heavy atom. The molecule has 30 heavy (non-hydrogen) atoms. The molecule has 2 aromatic carbocycles. The van der Waals surface area contributed by atoms with Gasteiger partial charge in [0.05, 0.1) is 12.3 Å². The zero-order chi connectivity index (χ0) is 21.3. The number of aliphatic imine (C=N–C) groups is 1. The summed E-state index contributed by atoms with van der Waals surface area (Å²) < 4.78 is 24.6. The summed E-state index contributed by atoms with van der Waals surface area (Å²) in [4.78, 5) is 16.1. The third-order valence-corrected chi connectivity index (χ3v) is 6.34. The minimum atomic E-state index is -0.749. The molecule has 0 saturated carbocycles. The van der Waals surface area contributed by atoms with Crippen LogP contribution in [0.25, 0.3) is 5.57 Å². The number of carbonyl (C=O) groups excluding carboxylic acids is 1. The summed E-state index contributed by atoms with van der Waals surface area (Å²) in [5.74, 6) is 1.18. The lowest BCUT2D eigenvalue weighted by molar-refractivity contribution is -0.0383. The number of methoxy groups -OCH3 is 1. The molecule has 6 nitrogen and oxygen atoms in total. The topological polar surface area (TPSA) is 66.3 Å². The lowest BCUT2D eigenvalue weighted by Gasteiger charge is -2.40. The molecule has 0 amide bonds. The lowest BCUT2D eigenvalue weighted by atomic mass is 9.86. The fourth-order valence-corrected chi connectivity index (χ4v) is 4.63. The molecule has 2 aromatic rings. The van der Waals surface area contributed by atoms with Gasteiger partial charge in [-0.05, 0) is 65.4 Å². The third kappa shape index (κ3) is 3.93. The van der Waals surface area contributed by atoms with Crippen molar-refractivity contribution in [3.63, 3.8) is 0 Å². The van der Waals surface area contributed by atoms with Crippen molar-refractivity contribution in [2.75, 3.05) is 20.3 Å². The number of carbonyl (C=O) groups is 1. The van der Waals surface area contributed by atoms with E-state index in [9.17, 15) is 4.79 Å². The van der Waals surface area contributed by atoms with Gasteiger partial charge in [0.15, 0.2) is 12.6 Å². The molecule has 2 heterocycles. The van der Waals surface area contributed by atoms with Crippen LogP contribution in [0.2, 0.25) is 0 Å². The van der Waals surface area contributed by atoms with Crippen LogP contribution in [0.15, 0.2) is 55.5 Å². The van der Waals surface area contributed by atoms with Crippen molar-refractivity contribution in [3.8, 4) is 5.75 Å². The quantitative estimate of drug-likeness (QED) is 0.262. The van der Waals surface area contributed by atoms with E-state index in [-0.39, 0.29) is 6.29 Å². The first-order valence-electron chi connectivity index (χ1n) is 9.26. The van der Waals surface area contributed by atoms with Crippen LogP contribution in [-0.2, 0) is 14.2 Å². The number of hydrogen-bond acceptors (Lipinski definition) is 6. The van der Waals surface area contributed by atoms with Gasteiger partial charge in [-0.2, -0.15) is 0 Å². The Morgan fingerprint density at radius 3 is 2.67 bits per heavy atom. The van der Waals surface area contributed by atoms with Crippen LogP contribution in [0.3, 0.4) is 0 Å². The van der Waals surface area contributed by atoms with Gasteiger partial charge in [0.2, 0.25) is 11.5 Å². The molecule has 1 fully saturated rings. The second-order valence-electron chi connectivity index (χ2n) is 6.87. The van der Waals surface area contributed by atoms with Crippen LogP contribution in [0, 0.1) is 0 Å². The molecule has 1 spiro atoms. The molecule has 156 valence electrons. The van der Waals surface area contributed by atoms with Gasteiger partial charge in [-0.25, -0.2) is 4.99 Å². The molecule has 1 saturated heterocycles. The second-order valence-corrected chi connectivity index (χ2v) is 9.09. The number of benzene rings is 2. The van der Waals surface area contributed by atoms with E-state index in [2.05, 4.69) is 43.5 Å². The maximum absolute atomic E-state index is 11.4. The predicted octanol–water partition coefficient (Wildman–Crippen LogP) is 5.31. The van der Waals surface area contributed by atoms with Crippen molar-refractivity contribution in [2.45, 2.75) is 18.8 Å². The fraction of sp³-hybridized carbons (Fsp3) is 0.273. The van der Waals surface area contributed by atoms with Crippen LogP contribution in [-0.4, -0.2) is 44.4 Å². The summed E-state index contributed by atoms with van der Waals surface area (Å²) in [5.41, 5.74) is 2.32. The van der Waals surface area contributed by atoms with Crippen LogP contribution in [0.5, 0.6) is 5.75 Å². The van der Waals surface area contributed by atoms with Crippen LogP contribution in [0.1, 0.15) is 22.8 Å². The van der Waals surface area contributed by atoms with Gasteiger partial charge in [-0.3, -0.25) is 4.79 Å². The molecule has 0 bridgehead atoms. The monoisotopic (exact) mass is 583 g/mol. The summed E-state index contributed by atoms with van der Waals surface area (Å²) in [6.07, 6.45) is 0.458. The Bertz CT molecular complexity index is 1040. The molecule has 8 heteroatoms. The van der Waals surface area contributed by atoms with E-state index in [1.54, 1.807) is 25.3 Å². The Morgan fingerprint density at radius 1 is 1.27 bits per heavy atom. The van der Waals surface area contributed by atoms with Gasteiger partial charge >= 0.3 is 0 Å². The number of hydrogen-bond donors (Lipinski definition) is 0. The molecule has 0 aliphatic carbocycles. The highest BCUT2D eigenvalue weighted by Gasteiger charge is 2.56. The first kappa shape index (κ1) is 21.5. The number of ether oxygens (including phenoxy) is 4. The van der Waals surface area contributed by atoms with Crippen molar-refractivity contribution in [3.05, 3.63) is 61.6 Å². The Balaban J connectivity index is 1.68. The van der Waals surface area contributed by atoms with E-state index >= 15 is 0 Å². The van der Waals surface area contributed by atoms with Gasteiger partial charge in [0.1, 0.15) is 12.4 Å².